The maximum atomic E-state index is 12.1. The summed E-state index contributed by atoms with van der Waals surface area (Å²) < 4.78 is 0. The highest BCUT2D eigenvalue weighted by Gasteiger charge is 2.34. The van der Waals surface area contributed by atoms with Gasteiger partial charge in [-0.2, -0.15) is 0 Å². The molecular weight excluding hydrogens is 176 g/mol. The van der Waals surface area contributed by atoms with Crippen molar-refractivity contribution in [1.82, 2.24) is 10.2 Å². The van der Waals surface area contributed by atoms with Gasteiger partial charge in [-0.25, -0.2) is 0 Å². The summed E-state index contributed by atoms with van der Waals surface area (Å²) in [6, 6.07) is 0.558. The highest BCUT2D eigenvalue weighted by molar-refractivity contribution is 5.82. The van der Waals surface area contributed by atoms with Crippen LogP contribution >= 0.6 is 0 Å². The standard InChI is InChI=1S/C11H20N2O/c1-8-6-9(2)13(7-8)11(14)10-4-3-5-12-10/h8-10,12H,3-7H2,1-2H3/t8?,9?,10-/m1/s1. The molecule has 0 saturated carbocycles. The molecule has 0 aromatic heterocycles. The second kappa shape index (κ2) is 3.89. The van der Waals surface area contributed by atoms with Crippen LogP contribution in [-0.2, 0) is 4.79 Å². The Labute approximate surface area is 85.8 Å². The van der Waals surface area contributed by atoms with E-state index in [4.69, 9.17) is 0 Å². The largest absolute Gasteiger partial charge is 0.338 e. The summed E-state index contributed by atoms with van der Waals surface area (Å²) in [7, 11) is 0. The van der Waals surface area contributed by atoms with E-state index >= 15 is 0 Å². The molecule has 3 atom stereocenters. The molecule has 3 nitrogen and oxygen atoms in total. The fraction of sp³-hybridized carbons (Fsp3) is 0.909. The normalized spacial score (nSPS) is 37.9. The third kappa shape index (κ3) is 1.78. The van der Waals surface area contributed by atoms with E-state index in [1.807, 2.05) is 0 Å². The summed E-state index contributed by atoms with van der Waals surface area (Å²) in [6.45, 7) is 6.36. The van der Waals surface area contributed by atoms with Gasteiger partial charge >= 0.3 is 0 Å². The van der Waals surface area contributed by atoms with E-state index in [-0.39, 0.29) is 6.04 Å². The molecule has 1 N–H and O–H groups in total. The molecule has 0 aliphatic carbocycles. The summed E-state index contributed by atoms with van der Waals surface area (Å²) in [6.07, 6.45) is 3.34. The van der Waals surface area contributed by atoms with Crippen LogP contribution in [0.1, 0.15) is 33.1 Å². The number of rotatable bonds is 1. The van der Waals surface area contributed by atoms with Crippen molar-refractivity contribution in [2.75, 3.05) is 13.1 Å². The lowest BCUT2D eigenvalue weighted by Crippen LogP contribution is -2.45. The maximum absolute atomic E-state index is 12.1. The summed E-state index contributed by atoms with van der Waals surface area (Å²) in [5, 5.41) is 3.28. The van der Waals surface area contributed by atoms with Crippen LogP contribution in [0, 0.1) is 5.92 Å². The minimum atomic E-state index is 0.114. The van der Waals surface area contributed by atoms with E-state index < -0.39 is 0 Å². The summed E-state index contributed by atoms with van der Waals surface area (Å²) in [5.41, 5.74) is 0. The lowest BCUT2D eigenvalue weighted by Gasteiger charge is -2.24. The molecular formula is C11H20N2O. The van der Waals surface area contributed by atoms with E-state index in [9.17, 15) is 4.79 Å². The molecule has 2 rings (SSSR count). The van der Waals surface area contributed by atoms with Crippen LogP contribution in [0.25, 0.3) is 0 Å². The molecule has 3 heteroatoms. The number of hydrogen-bond donors (Lipinski definition) is 1. The van der Waals surface area contributed by atoms with Gasteiger partial charge in [0.15, 0.2) is 0 Å². The lowest BCUT2D eigenvalue weighted by atomic mass is 10.1. The summed E-state index contributed by atoms with van der Waals surface area (Å²) in [5.74, 6) is 1.01. The van der Waals surface area contributed by atoms with Crippen molar-refractivity contribution in [3.8, 4) is 0 Å². The average Bonchev–Trinajstić information content (AvgIpc) is 2.73. The molecule has 2 fully saturated rings. The third-order valence-corrected chi connectivity index (χ3v) is 3.43. The van der Waals surface area contributed by atoms with Crippen LogP contribution in [0.15, 0.2) is 0 Å². The first-order valence-electron chi connectivity index (χ1n) is 5.72. The summed E-state index contributed by atoms with van der Waals surface area (Å²) in [4.78, 5) is 14.1. The minimum Gasteiger partial charge on any atom is -0.338 e. The molecule has 14 heavy (non-hydrogen) atoms. The third-order valence-electron chi connectivity index (χ3n) is 3.43. The molecule has 2 saturated heterocycles. The minimum absolute atomic E-state index is 0.114. The van der Waals surface area contributed by atoms with Crippen LogP contribution in [0.2, 0.25) is 0 Å². The van der Waals surface area contributed by atoms with Crippen molar-refractivity contribution in [2.45, 2.75) is 45.2 Å². The first-order valence-corrected chi connectivity index (χ1v) is 5.72. The Morgan fingerprint density at radius 3 is 2.71 bits per heavy atom. The highest BCUT2D eigenvalue weighted by atomic mass is 16.2. The van der Waals surface area contributed by atoms with E-state index in [0.29, 0.717) is 17.9 Å². The zero-order valence-corrected chi connectivity index (χ0v) is 9.12. The Morgan fingerprint density at radius 1 is 1.43 bits per heavy atom. The fourth-order valence-electron chi connectivity index (χ4n) is 2.70. The van der Waals surface area contributed by atoms with Gasteiger partial charge in [-0.3, -0.25) is 4.79 Å². The average molecular weight is 196 g/mol. The molecule has 0 aromatic rings. The molecule has 0 aromatic carbocycles. The van der Waals surface area contributed by atoms with E-state index in [1.165, 1.54) is 6.42 Å². The Hall–Kier alpha value is -0.570. The van der Waals surface area contributed by atoms with Gasteiger partial charge < -0.3 is 10.2 Å². The predicted octanol–water partition coefficient (Wildman–Crippen LogP) is 0.995. The first-order chi connectivity index (χ1) is 6.68. The van der Waals surface area contributed by atoms with Gasteiger partial charge in [0.2, 0.25) is 5.91 Å². The smallest absolute Gasteiger partial charge is 0.239 e. The van der Waals surface area contributed by atoms with Gasteiger partial charge in [-0.15, -0.1) is 0 Å². The molecule has 0 radical (unpaired) electrons. The fourth-order valence-corrected chi connectivity index (χ4v) is 2.70. The van der Waals surface area contributed by atoms with Gasteiger partial charge in [0.1, 0.15) is 0 Å². The van der Waals surface area contributed by atoms with Gasteiger partial charge in [0.25, 0.3) is 0 Å². The first kappa shape index (κ1) is 9.97. The van der Waals surface area contributed by atoms with Crippen molar-refractivity contribution >= 4 is 5.91 Å². The molecule has 0 bridgehead atoms. The SMILES string of the molecule is CC1CC(C)N(C(=O)[C@H]2CCCN2)C1. The quantitative estimate of drug-likeness (QED) is 0.678. The maximum Gasteiger partial charge on any atom is 0.239 e. The Kier molecular flexibility index (Phi) is 2.77. The van der Waals surface area contributed by atoms with Crippen LogP contribution in [0.3, 0.4) is 0 Å². The molecule has 0 spiro atoms. The Morgan fingerprint density at radius 2 is 2.21 bits per heavy atom. The Balaban J connectivity index is 1.96. The molecule has 2 unspecified atom stereocenters. The van der Waals surface area contributed by atoms with Gasteiger partial charge in [-0.1, -0.05) is 6.92 Å². The van der Waals surface area contributed by atoms with Gasteiger partial charge in [0, 0.05) is 12.6 Å². The van der Waals surface area contributed by atoms with Crippen LogP contribution in [0.4, 0.5) is 0 Å². The number of carbonyl (C=O) groups excluding carboxylic acids is 1. The second-order valence-corrected chi connectivity index (χ2v) is 4.83. The number of hydrogen-bond acceptors (Lipinski definition) is 2. The number of carbonyl (C=O) groups is 1. The van der Waals surface area contributed by atoms with Crippen molar-refractivity contribution in [2.24, 2.45) is 5.92 Å². The number of likely N-dealkylation sites (tertiary alicyclic amines) is 1. The summed E-state index contributed by atoms with van der Waals surface area (Å²) >= 11 is 0. The lowest BCUT2D eigenvalue weighted by molar-refractivity contribution is -0.133. The zero-order chi connectivity index (χ0) is 10.1. The van der Waals surface area contributed by atoms with E-state index in [2.05, 4.69) is 24.1 Å². The topological polar surface area (TPSA) is 32.3 Å². The number of amides is 1. The van der Waals surface area contributed by atoms with E-state index in [1.54, 1.807) is 0 Å². The molecule has 2 aliphatic heterocycles. The van der Waals surface area contributed by atoms with Crippen molar-refractivity contribution in [3.63, 3.8) is 0 Å². The van der Waals surface area contributed by atoms with Crippen molar-refractivity contribution in [3.05, 3.63) is 0 Å². The highest BCUT2D eigenvalue weighted by Crippen LogP contribution is 2.24. The number of nitrogens with zero attached hydrogens (tertiary/aromatic N) is 1. The molecule has 2 aliphatic rings. The van der Waals surface area contributed by atoms with Crippen LogP contribution in [-0.4, -0.2) is 36.0 Å². The monoisotopic (exact) mass is 196 g/mol. The zero-order valence-electron chi connectivity index (χ0n) is 9.12. The van der Waals surface area contributed by atoms with Gasteiger partial charge in [-0.05, 0) is 38.6 Å². The number of nitrogens with one attached hydrogen (secondary N) is 1. The molecule has 80 valence electrons. The second-order valence-electron chi connectivity index (χ2n) is 4.83. The van der Waals surface area contributed by atoms with Crippen molar-refractivity contribution < 1.29 is 4.79 Å². The van der Waals surface area contributed by atoms with Gasteiger partial charge in [0.05, 0.1) is 6.04 Å². The molecule has 2 heterocycles. The Bertz CT molecular complexity index is 223. The predicted molar refractivity (Wildman–Crippen MR) is 56.0 cm³/mol. The van der Waals surface area contributed by atoms with E-state index in [0.717, 1.165) is 25.9 Å². The van der Waals surface area contributed by atoms with Crippen LogP contribution in [0.5, 0.6) is 0 Å². The molecule has 1 amide bonds. The van der Waals surface area contributed by atoms with Crippen LogP contribution < -0.4 is 5.32 Å². The van der Waals surface area contributed by atoms with Crippen molar-refractivity contribution in [1.29, 1.82) is 0 Å².